The molecule has 0 saturated heterocycles. The molecular formula is C14H13N3O3S. The zero-order chi connectivity index (χ0) is 14.8. The van der Waals surface area contributed by atoms with E-state index in [1.54, 1.807) is 36.0 Å². The molecule has 2 N–H and O–H groups in total. The number of benzene rings is 1. The highest BCUT2D eigenvalue weighted by Gasteiger charge is 2.17. The zero-order valence-corrected chi connectivity index (χ0v) is 12.1. The largest absolute Gasteiger partial charge is 0.465 e. The summed E-state index contributed by atoms with van der Waals surface area (Å²) in [6.07, 6.45) is 0. The summed E-state index contributed by atoms with van der Waals surface area (Å²) >= 11 is 1.67. The fourth-order valence-corrected chi connectivity index (χ4v) is 3.14. The third kappa shape index (κ3) is 2.78. The molecule has 0 saturated carbocycles. The molecule has 6 nitrogen and oxygen atoms in total. The molecule has 0 spiro atoms. The molecule has 0 amide bonds. The predicted octanol–water partition coefficient (Wildman–Crippen LogP) is 2.05. The molecule has 108 valence electrons. The molecule has 0 fully saturated rings. The molecule has 2 aromatic rings. The fourth-order valence-electron chi connectivity index (χ4n) is 2.10. The highest BCUT2D eigenvalue weighted by atomic mass is 32.2. The minimum atomic E-state index is -0.412. The van der Waals surface area contributed by atoms with Gasteiger partial charge in [0, 0.05) is 22.8 Å². The van der Waals surface area contributed by atoms with Crippen LogP contribution in [0.1, 0.15) is 21.6 Å². The molecule has 0 radical (unpaired) electrons. The monoisotopic (exact) mass is 303 g/mol. The van der Waals surface area contributed by atoms with Gasteiger partial charge in [0.15, 0.2) is 0 Å². The van der Waals surface area contributed by atoms with Crippen molar-refractivity contribution in [2.75, 3.05) is 12.4 Å². The van der Waals surface area contributed by atoms with Crippen molar-refractivity contribution in [2.45, 2.75) is 11.5 Å². The number of nitrogens with one attached hydrogen (secondary N) is 2. The molecule has 3 rings (SSSR count). The Morgan fingerprint density at radius 3 is 3.10 bits per heavy atom. The zero-order valence-electron chi connectivity index (χ0n) is 11.3. The molecule has 1 aromatic heterocycles. The van der Waals surface area contributed by atoms with Crippen LogP contribution in [0.2, 0.25) is 0 Å². The van der Waals surface area contributed by atoms with Crippen LogP contribution in [0.3, 0.4) is 0 Å². The maximum absolute atomic E-state index is 11.9. The topological polar surface area (TPSA) is 84.1 Å². The minimum Gasteiger partial charge on any atom is -0.465 e. The van der Waals surface area contributed by atoms with Crippen LogP contribution in [0.25, 0.3) is 0 Å². The number of hydrogen-bond acceptors (Lipinski definition) is 6. The van der Waals surface area contributed by atoms with Crippen LogP contribution in [0.5, 0.6) is 0 Å². The summed E-state index contributed by atoms with van der Waals surface area (Å²) in [5.74, 6) is 1.42. The van der Waals surface area contributed by atoms with Crippen molar-refractivity contribution < 1.29 is 9.53 Å². The van der Waals surface area contributed by atoms with Gasteiger partial charge in [-0.05, 0) is 18.2 Å². The molecule has 0 bridgehead atoms. The van der Waals surface area contributed by atoms with Crippen LogP contribution in [-0.4, -0.2) is 23.0 Å². The molecule has 0 aliphatic carbocycles. The van der Waals surface area contributed by atoms with Crippen LogP contribution in [0.15, 0.2) is 29.1 Å². The van der Waals surface area contributed by atoms with E-state index < -0.39 is 5.97 Å². The van der Waals surface area contributed by atoms with Gasteiger partial charge < -0.3 is 10.1 Å². The molecule has 1 aliphatic heterocycles. The average molecular weight is 303 g/mol. The predicted molar refractivity (Wildman–Crippen MR) is 80.9 cm³/mol. The summed E-state index contributed by atoms with van der Waals surface area (Å²) in [4.78, 5) is 30.5. The van der Waals surface area contributed by atoms with Crippen molar-refractivity contribution in [3.05, 3.63) is 51.4 Å². The van der Waals surface area contributed by atoms with Crippen LogP contribution in [-0.2, 0) is 16.2 Å². The number of nitrogens with zero attached hydrogens (tertiary/aromatic N) is 1. The van der Waals surface area contributed by atoms with Crippen LogP contribution >= 0.6 is 11.8 Å². The van der Waals surface area contributed by atoms with Crippen molar-refractivity contribution >= 4 is 29.4 Å². The van der Waals surface area contributed by atoms with Gasteiger partial charge in [-0.3, -0.25) is 9.78 Å². The molecule has 2 heterocycles. The van der Waals surface area contributed by atoms with E-state index in [2.05, 4.69) is 20.0 Å². The number of methoxy groups -OCH3 is 1. The van der Waals surface area contributed by atoms with Gasteiger partial charge in [-0.2, -0.15) is 11.8 Å². The number of H-pyrrole nitrogens is 1. The van der Waals surface area contributed by atoms with E-state index in [0.29, 0.717) is 23.0 Å². The molecular weight excluding hydrogens is 290 g/mol. The summed E-state index contributed by atoms with van der Waals surface area (Å²) < 4.78 is 4.68. The number of aromatic nitrogens is 2. The Morgan fingerprint density at radius 1 is 1.43 bits per heavy atom. The van der Waals surface area contributed by atoms with Crippen molar-refractivity contribution in [1.29, 1.82) is 0 Å². The molecule has 0 unspecified atom stereocenters. The minimum absolute atomic E-state index is 0.114. The molecule has 7 heteroatoms. The SMILES string of the molecule is COC(=O)c1cccc(Nc2nc3c(c(=O)[nH]2)CSC3)c1. The van der Waals surface area contributed by atoms with Gasteiger partial charge >= 0.3 is 5.97 Å². The number of rotatable bonds is 3. The lowest BCUT2D eigenvalue weighted by Crippen LogP contribution is -2.16. The highest BCUT2D eigenvalue weighted by Crippen LogP contribution is 2.26. The first-order chi connectivity index (χ1) is 10.2. The number of fused-ring (bicyclic) bond motifs is 1. The van der Waals surface area contributed by atoms with Gasteiger partial charge in [-0.25, -0.2) is 9.78 Å². The van der Waals surface area contributed by atoms with Crippen LogP contribution in [0, 0.1) is 0 Å². The molecule has 0 atom stereocenters. The smallest absolute Gasteiger partial charge is 0.337 e. The normalized spacial score (nSPS) is 12.8. The Hall–Kier alpha value is -2.28. The summed E-state index contributed by atoms with van der Waals surface area (Å²) in [6, 6.07) is 6.82. The maximum Gasteiger partial charge on any atom is 0.337 e. The van der Waals surface area contributed by atoms with Crippen molar-refractivity contribution in [2.24, 2.45) is 0 Å². The van der Waals surface area contributed by atoms with Crippen molar-refractivity contribution in [1.82, 2.24) is 9.97 Å². The van der Waals surface area contributed by atoms with E-state index in [0.717, 1.165) is 17.0 Å². The van der Waals surface area contributed by atoms with Crippen LogP contribution in [0.4, 0.5) is 11.6 Å². The Kier molecular flexibility index (Phi) is 3.66. The van der Waals surface area contributed by atoms with Crippen LogP contribution < -0.4 is 10.9 Å². The summed E-state index contributed by atoms with van der Waals surface area (Å²) in [5, 5.41) is 3.01. The van der Waals surface area contributed by atoms with Gasteiger partial charge in [0.25, 0.3) is 5.56 Å². The molecule has 1 aromatic carbocycles. The standard InChI is InChI=1S/C14H13N3O3S/c1-20-13(19)8-3-2-4-9(5-8)15-14-16-11-7-21-6-10(11)12(18)17-14/h2-5H,6-7H2,1H3,(H2,15,16,17,18). The first-order valence-corrected chi connectivity index (χ1v) is 7.48. The van der Waals surface area contributed by atoms with Crippen molar-refractivity contribution in [3.63, 3.8) is 0 Å². The van der Waals surface area contributed by atoms with Gasteiger partial charge in [0.1, 0.15) is 0 Å². The number of esters is 1. The average Bonchev–Trinajstić information content (AvgIpc) is 2.95. The lowest BCUT2D eigenvalue weighted by molar-refractivity contribution is 0.0601. The first kappa shape index (κ1) is 13.7. The summed E-state index contributed by atoms with van der Waals surface area (Å²) in [5.41, 5.74) is 2.54. The quantitative estimate of drug-likeness (QED) is 0.844. The van der Waals surface area contributed by atoms with Crippen molar-refractivity contribution in [3.8, 4) is 0 Å². The van der Waals surface area contributed by atoms with E-state index in [9.17, 15) is 9.59 Å². The third-order valence-corrected chi connectivity index (χ3v) is 4.10. The Morgan fingerprint density at radius 2 is 2.29 bits per heavy atom. The highest BCUT2D eigenvalue weighted by molar-refractivity contribution is 7.98. The van der Waals surface area contributed by atoms with Gasteiger partial charge in [-0.1, -0.05) is 6.07 Å². The number of aromatic amines is 1. The molecule has 21 heavy (non-hydrogen) atoms. The van der Waals surface area contributed by atoms with Gasteiger partial charge in [-0.15, -0.1) is 0 Å². The number of hydrogen-bond donors (Lipinski definition) is 2. The van der Waals surface area contributed by atoms with E-state index >= 15 is 0 Å². The maximum atomic E-state index is 11.9. The lowest BCUT2D eigenvalue weighted by Gasteiger charge is -2.08. The first-order valence-electron chi connectivity index (χ1n) is 6.32. The fraction of sp³-hybridized carbons (Fsp3) is 0.214. The number of anilines is 2. The van der Waals surface area contributed by atoms with Gasteiger partial charge in [0.2, 0.25) is 5.95 Å². The number of thioether (sulfide) groups is 1. The van der Waals surface area contributed by atoms with E-state index in [1.165, 1.54) is 7.11 Å². The second-order valence-electron chi connectivity index (χ2n) is 4.53. The van der Waals surface area contributed by atoms with E-state index in [1.807, 2.05) is 0 Å². The number of ether oxygens (including phenoxy) is 1. The number of carbonyl (C=O) groups excluding carboxylic acids is 1. The lowest BCUT2D eigenvalue weighted by atomic mass is 10.2. The Labute approximate surface area is 124 Å². The molecule has 1 aliphatic rings. The third-order valence-electron chi connectivity index (χ3n) is 3.13. The summed E-state index contributed by atoms with van der Waals surface area (Å²) in [6.45, 7) is 0. The number of carbonyl (C=O) groups is 1. The summed E-state index contributed by atoms with van der Waals surface area (Å²) in [7, 11) is 1.33. The van der Waals surface area contributed by atoms with E-state index in [4.69, 9.17) is 0 Å². The van der Waals surface area contributed by atoms with Gasteiger partial charge in [0.05, 0.1) is 18.4 Å². The Bertz CT molecular complexity index is 757. The second-order valence-corrected chi connectivity index (χ2v) is 5.52. The Balaban J connectivity index is 1.89. The second kappa shape index (κ2) is 5.61. The van der Waals surface area contributed by atoms with E-state index in [-0.39, 0.29) is 5.56 Å².